The van der Waals surface area contributed by atoms with Crippen molar-refractivity contribution in [1.82, 2.24) is 0 Å². The molecule has 0 bridgehead atoms. The van der Waals surface area contributed by atoms with Gasteiger partial charge in [0.2, 0.25) is 0 Å². The number of carbonyl (C=O) groups is 1. The lowest BCUT2D eigenvalue weighted by molar-refractivity contribution is -0.133. The van der Waals surface area contributed by atoms with E-state index < -0.39 is 0 Å². The first-order valence-corrected chi connectivity index (χ1v) is 11.3. The average Bonchev–Trinajstić information content (AvgIpc) is 2.85. The van der Waals surface area contributed by atoms with Gasteiger partial charge in [-0.3, -0.25) is 4.79 Å². The van der Waals surface area contributed by atoms with Crippen LogP contribution in [0.2, 0.25) is 0 Å². The van der Waals surface area contributed by atoms with Gasteiger partial charge in [0.05, 0.1) is 0 Å². The Morgan fingerprint density at radius 2 is 1.61 bits per heavy atom. The number of ketones is 1. The molecule has 0 heterocycles. The Kier molecular flexibility index (Phi) is 4.18. The van der Waals surface area contributed by atoms with Crippen molar-refractivity contribution >= 4 is 28.4 Å². The Balaban J connectivity index is 1.61. The molecule has 2 unspecified atom stereocenters. The van der Waals surface area contributed by atoms with Crippen molar-refractivity contribution in [3.05, 3.63) is 0 Å². The number of rotatable bonds is 1. The van der Waals surface area contributed by atoms with E-state index in [0.29, 0.717) is 22.5 Å². The smallest absolute Gasteiger partial charge is 0.133 e. The molecule has 2 heteroatoms. The van der Waals surface area contributed by atoms with Gasteiger partial charge in [0.1, 0.15) is 5.78 Å². The summed E-state index contributed by atoms with van der Waals surface area (Å²) in [6.07, 6.45) is 12.5. The molecule has 0 saturated heterocycles. The van der Waals surface area contributed by atoms with E-state index in [4.69, 9.17) is 0 Å². The van der Waals surface area contributed by atoms with Crippen molar-refractivity contribution in [3.63, 3.8) is 0 Å². The summed E-state index contributed by atoms with van der Waals surface area (Å²) in [5, 5.41) is 0. The number of alkyl halides is 1. The third kappa shape index (κ3) is 2.39. The van der Waals surface area contributed by atoms with E-state index >= 15 is 0 Å². The Labute approximate surface area is 155 Å². The first-order chi connectivity index (χ1) is 10.9. The summed E-state index contributed by atoms with van der Waals surface area (Å²) in [5.41, 5.74) is 0.941. The van der Waals surface area contributed by atoms with E-state index in [0.717, 1.165) is 27.6 Å². The first-order valence-electron chi connectivity index (χ1n) is 10.0. The maximum absolute atomic E-state index is 12.2. The van der Waals surface area contributed by atoms with Crippen LogP contribution < -0.4 is 0 Å². The molecule has 4 rings (SSSR count). The predicted molar refractivity (Wildman–Crippen MR) is 104 cm³/mol. The number of hydrogen-bond donors (Lipinski definition) is 0. The summed E-state index contributed by atoms with van der Waals surface area (Å²) in [6.45, 7) is 6.98. The van der Waals surface area contributed by atoms with Crippen LogP contribution in [0.15, 0.2) is 0 Å². The van der Waals surface area contributed by atoms with Crippen molar-refractivity contribution in [2.75, 3.05) is 0 Å². The molecule has 130 valence electrons. The van der Waals surface area contributed by atoms with Crippen LogP contribution in [0.1, 0.15) is 78.6 Å². The molecule has 8 atom stereocenters. The van der Waals surface area contributed by atoms with E-state index in [-0.39, 0.29) is 0 Å². The zero-order valence-corrected chi connectivity index (χ0v) is 17.3. The maximum atomic E-state index is 12.2. The molecule has 0 amide bonds. The Hall–Kier alpha value is 0.400. The van der Waals surface area contributed by atoms with Crippen molar-refractivity contribution < 1.29 is 4.79 Å². The molecule has 0 spiro atoms. The first kappa shape index (κ1) is 16.8. The number of fused-ring (bicyclic) bond motifs is 5. The molecule has 0 radical (unpaired) electrons. The van der Waals surface area contributed by atoms with Gasteiger partial charge in [-0.05, 0) is 99.2 Å². The SMILES string of the molecule is CC(=O)[C@H]1CC[C@H]2[C@@H]3CCC4CC(I)CC[C@]4(C)[C@H]3CC[C@]12C. The molecule has 4 aliphatic carbocycles. The van der Waals surface area contributed by atoms with Crippen LogP contribution in [-0.4, -0.2) is 9.71 Å². The Morgan fingerprint density at radius 3 is 2.35 bits per heavy atom. The van der Waals surface area contributed by atoms with Gasteiger partial charge in [0, 0.05) is 9.84 Å². The minimum absolute atomic E-state index is 0.330. The minimum atomic E-state index is 0.330. The normalized spacial score (nSPS) is 55.7. The second-order valence-electron chi connectivity index (χ2n) is 9.81. The summed E-state index contributed by atoms with van der Waals surface area (Å²) in [4.78, 5) is 12.2. The van der Waals surface area contributed by atoms with Crippen molar-refractivity contribution in [2.24, 2.45) is 40.4 Å². The van der Waals surface area contributed by atoms with E-state index in [1.807, 2.05) is 6.92 Å². The van der Waals surface area contributed by atoms with Gasteiger partial charge in [-0.1, -0.05) is 36.4 Å². The third-order valence-corrected chi connectivity index (χ3v) is 10.2. The number of halogens is 1. The van der Waals surface area contributed by atoms with Crippen LogP contribution in [0.3, 0.4) is 0 Å². The number of Topliss-reactive ketones (excluding diaryl/α,β-unsaturated/α-hetero) is 1. The van der Waals surface area contributed by atoms with Gasteiger partial charge < -0.3 is 0 Å². The highest BCUT2D eigenvalue weighted by molar-refractivity contribution is 14.1. The topological polar surface area (TPSA) is 17.1 Å². The Bertz CT molecular complexity index is 502. The fraction of sp³-hybridized carbons (Fsp3) is 0.952. The van der Waals surface area contributed by atoms with Crippen LogP contribution >= 0.6 is 22.6 Å². The molecule has 4 aliphatic rings. The van der Waals surface area contributed by atoms with Gasteiger partial charge >= 0.3 is 0 Å². The van der Waals surface area contributed by atoms with Crippen LogP contribution in [0.4, 0.5) is 0 Å². The summed E-state index contributed by atoms with van der Waals surface area (Å²) in [6, 6.07) is 0. The lowest BCUT2D eigenvalue weighted by Crippen LogP contribution is -2.53. The molecule has 0 aliphatic heterocycles. The fourth-order valence-corrected chi connectivity index (χ4v) is 8.80. The van der Waals surface area contributed by atoms with Crippen molar-refractivity contribution in [1.29, 1.82) is 0 Å². The molecular weight excluding hydrogens is 395 g/mol. The molecule has 0 aromatic heterocycles. The molecule has 4 fully saturated rings. The van der Waals surface area contributed by atoms with Crippen LogP contribution in [0.25, 0.3) is 0 Å². The van der Waals surface area contributed by atoms with Gasteiger partial charge in [-0.2, -0.15) is 0 Å². The maximum Gasteiger partial charge on any atom is 0.133 e. The molecule has 0 N–H and O–H groups in total. The van der Waals surface area contributed by atoms with E-state index in [1.165, 1.54) is 57.8 Å². The monoisotopic (exact) mass is 428 g/mol. The minimum Gasteiger partial charge on any atom is -0.300 e. The largest absolute Gasteiger partial charge is 0.300 e. The average molecular weight is 428 g/mol. The molecule has 0 aromatic rings. The van der Waals surface area contributed by atoms with Crippen LogP contribution in [0, 0.1) is 40.4 Å². The highest BCUT2D eigenvalue weighted by Crippen LogP contribution is 2.67. The number of carbonyl (C=O) groups excluding carboxylic acids is 1. The zero-order chi connectivity index (χ0) is 16.4. The highest BCUT2D eigenvalue weighted by Gasteiger charge is 2.60. The van der Waals surface area contributed by atoms with Gasteiger partial charge in [0.15, 0.2) is 0 Å². The van der Waals surface area contributed by atoms with Crippen LogP contribution in [-0.2, 0) is 4.79 Å². The summed E-state index contributed by atoms with van der Waals surface area (Å²) in [7, 11) is 0. The summed E-state index contributed by atoms with van der Waals surface area (Å²) in [5.74, 6) is 4.53. The van der Waals surface area contributed by atoms with E-state index in [9.17, 15) is 4.79 Å². The summed E-state index contributed by atoms with van der Waals surface area (Å²) < 4.78 is 0.921. The zero-order valence-electron chi connectivity index (χ0n) is 15.1. The summed E-state index contributed by atoms with van der Waals surface area (Å²) >= 11 is 2.70. The fourth-order valence-electron chi connectivity index (χ4n) is 7.87. The second kappa shape index (κ2) is 5.71. The predicted octanol–water partition coefficient (Wildman–Crippen LogP) is 6.04. The van der Waals surface area contributed by atoms with Crippen molar-refractivity contribution in [2.45, 2.75) is 82.5 Å². The lowest BCUT2D eigenvalue weighted by Gasteiger charge is -2.61. The standard InChI is InChI=1S/C21H33IO/c1-13(23)17-6-7-18-16-5-4-14-12-15(22)8-10-20(14,2)19(16)9-11-21(17,18)3/h14-19H,4-12H2,1-3H3/t14?,15?,16-,17+,18-,19-,20-,21+/m0/s1. The van der Waals surface area contributed by atoms with Crippen LogP contribution in [0.5, 0.6) is 0 Å². The van der Waals surface area contributed by atoms with Crippen molar-refractivity contribution in [3.8, 4) is 0 Å². The third-order valence-electron chi connectivity index (χ3n) is 9.09. The quantitative estimate of drug-likeness (QED) is 0.368. The molecule has 1 nitrogen and oxygen atoms in total. The molecule has 23 heavy (non-hydrogen) atoms. The van der Waals surface area contributed by atoms with Gasteiger partial charge in [-0.15, -0.1) is 0 Å². The van der Waals surface area contributed by atoms with Gasteiger partial charge in [-0.25, -0.2) is 0 Å². The second-order valence-corrected chi connectivity index (χ2v) is 11.6. The molecule has 4 saturated carbocycles. The lowest BCUT2D eigenvalue weighted by atomic mass is 9.45. The number of hydrogen-bond acceptors (Lipinski definition) is 1. The highest BCUT2D eigenvalue weighted by atomic mass is 127. The van der Waals surface area contributed by atoms with E-state index in [1.54, 1.807) is 0 Å². The molecular formula is C21H33IO. The van der Waals surface area contributed by atoms with E-state index in [2.05, 4.69) is 36.4 Å². The van der Waals surface area contributed by atoms with Gasteiger partial charge in [0.25, 0.3) is 0 Å². The Morgan fingerprint density at radius 1 is 0.913 bits per heavy atom. The molecule has 0 aromatic carbocycles.